The molecule has 2 aromatic rings. The summed E-state index contributed by atoms with van der Waals surface area (Å²) in [5.74, 6) is -1.14. The highest BCUT2D eigenvalue weighted by Crippen LogP contribution is 2.38. The lowest BCUT2D eigenvalue weighted by molar-refractivity contribution is -0.156. The number of halogens is 6. The third kappa shape index (κ3) is 5.85. The second kappa shape index (κ2) is 10.3. The Bertz CT molecular complexity index is 910. The number of unbranched alkanes of at least 4 members (excludes halogenated alkanes) is 1. The Balaban J connectivity index is 1.58. The van der Waals surface area contributed by atoms with Gasteiger partial charge in [0.15, 0.2) is 6.17 Å². The Morgan fingerprint density at radius 3 is 2.69 bits per heavy atom. The van der Waals surface area contributed by atoms with E-state index in [0.717, 1.165) is 30.6 Å². The van der Waals surface area contributed by atoms with Gasteiger partial charge in [0.1, 0.15) is 5.69 Å². The Hall–Kier alpha value is -2.04. The lowest BCUT2D eigenvalue weighted by Gasteiger charge is -2.32. The van der Waals surface area contributed by atoms with Crippen LogP contribution < -0.4 is 0 Å². The zero-order valence-electron chi connectivity index (χ0n) is 17.4. The third-order valence-electron chi connectivity index (χ3n) is 5.65. The molecule has 2 atom stereocenters. The van der Waals surface area contributed by atoms with Crippen LogP contribution in [0.2, 0.25) is 0 Å². The lowest BCUT2D eigenvalue weighted by Crippen LogP contribution is -2.39. The van der Waals surface area contributed by atoms with Gasteiger partial charge in [0.2, 0.25) is 5.76 Å². The molecule has 178 valence electrons. The van der Waals surface area contributed by atoms with Gasteiger partial charge >= 0.3 is 6.18 Å². The van der Waals surface area contributed by atoms with Gasteiger partial charge in [-0.25, -0.2) is 13.2 Å². The molecule has 1 amide bonds. The van der Waals surface area contributed by atoms with E-state index in [2.05, 4.69) is 9.68 Å². The highest BCUT2D eigenvalue weighted by Gasteiger charge is 2.39. The van der Waals surface area contributed by atoms with Crippen LogP contribution in [0.5, 0.6) is 0 Å². The molecule has 0 N–H and O–H groups in total. The predicted molar refractivity (Wildman–Crippen MR) is 108 cm³/mol. The van der Waals surface area contributed by atoms with Crippen molar-refractivity contribution in [2.75, 3.05) is 13.1 Å². The maximum atomic E-state index is 13.0. The molecule has 1 aliphatic rings. The minimum atomic E-state index is -4.64. The summed E-state index contributed by atoms with van der Waals surface area (Å²) in [4.78, 5) is 15.4. The van der Waals surface area contributed by atoms with Gasteiger partial charge in [-0.05, 0) is 50.7 Å². The number of alkyl halides is 6. The van der Waals surface area contributed by atoms with Crippen molar-refractivity contribution in [1.29, 1.82) is 0 Å². The zero-order chi connectivity index (χ0) is 23.5. The molecule has 0 aliphatic carbocycles. The molecule has 4 nitrogen and oxygen atoms in total. The number of aromatic nitrogens is 1. The molecule has 1 aliphatic heterocycles. The Labute approximate surface area is 185 Å². The molecule has 2 unspecified atom stereocenters. The van der Waals surface area contributed by atoms with E-state index in [9.17, 15) is 31.1 Å². The average Bonchev–Trinajstić information content (AvgIpc) is 3.37. The van der Waals surface area contributed by atoms with Crippen molar-refractivity contribution in [2.45, 2.75) is 64.2 Å². The summed E-state index contributed by atoms with van der Waals surface area (Å²) >= 11 is 1.06. The fourth-order valence-electron chi connectivity index (χ4n) is 3.95. The van der Waals surface area contributed by atoms with Gasteiger partial charge in [-0.2, -0.15) is 13.2 Å². The van der Waals surface area contributed by atoms with E-state index in [1.807, 2.05) is 0 Å². The first kappa shape index (κ1) is 24.6. The van der Waals surface area contributed by atoms with Crippen molar-refractivity contribution in [3.63, 3.8) is 0 Å². The fourth-order valence-corrected chi connectivity index (χ4v) is 4.96. The second-order valence-corrected chi connectivity index (χ2v) is 9.13. The first-order valence-electron chi connectivity index (χ1n) is 10.4. The molecular weight excluding hydrogens is 458 g/mol. The largest absolute Gasteiger partial charge is 0.452 e. The Morgan fingerprint density at radius 2 is 2.03 bits per heavy atom. The van der Waals surface area contributed by atoms with Crippen LogP contribution in [0.1, 0.15) is 59.5 Å². The summed E-state index contributed by atoms with van der Waals surface area (Å²) in [5.41, 5.74) is -0.0633. The van der Waals surface area contributed by atoms with E-state index in [1.54, 1.807) is 17.0 Å². The van der Waals surface area contributed by atoms with Crippen LogP contribution in [0.4, 0.5) is 26.3 Å². The van der Waals surface area contributed by atoms with Gasteiger partial charge in [-0.3, -0.25) is 4.79 Å². The fraction of sp³-hybridized carbons (Fsp3) is 0.619. The molecule has 11 heteroatoms. The molecule has 1 saturated heterocycles. The number of hydrogen-bond acceptors (Lipinski definition) is 4. The molecular formula is C21H24F6N2O2S. The first-order chi connectivity index (χ1) is 15.1. The van der Waals surface area contributed by atoms with Crippen molar-refractivity contribution in [1.82, 2.24) is 10.1 Å². The van der Waals surface area contributed by atoms with Crippen molar-refractivity contribution in [3.8, 4) is 10.6 Å². The summed E-state index contributed by atoms with van der Waals surface area (Å²) in [5, 5.41) is 3.53. The van der Waals surface area contributed by atoms with Gasteiger partial charge in [-0.15, -0.1) is 11.3 Å². The van der Waals surface area contributed by atoms with E-state index in [0.29, 0.717) is 35.7 Å². The smallest absolute Gasteiger partial charge is 0.351 e. The molecule has 0 spiro atoms. The van der Waals surface area contributed by atoms with Crippen molar-refractivity contribution < 1.29 is 35.7 Å². The number of hydrogen-bond donors (Lipinski definition) is 0. The molecule has 32 heavy (non-hydrogen) atoms. The van der Waals surface area contributed by atoms with Crippen molar-refractivity contribution in [2.24, 2.45) is 5.92 Å². The molecule has 2 aromatic heterocycles. The quantitative estimate of drug-likeness (QED) is 0.309. The molecule has 1 fully saturated rings. The Kier molecular flexibility index (Phi) is 7.89. The van der Waals surface area contributed by atoms with E-state index in [4.69, 9.17) is 0 Å². The van der Waals surface area contributed by atoms with E-state index >= 15 is 0 Å². The van der Waals surface area contributed by atoms with E-state index in [1.165, 1.54) is 6.92 Å². The standard InChI is InChI=1S/C21H24F6N2O2S/c1-12-17(28-31-18(12)21(25,26)27)15-8-9-16(32-15)20(30)29-10-4-6-13(11-29)5-2-3-7-14(22)19(23)24/h8-9,13-14,19H,2-7,10-11H2,1H3. The molecule has 0 bridgehead atoms. The van der Waals surface area contributed by atoms with Crippen molar-refractivity contribution in [3.05, 3.63) is 28.3 Å². The summed E-state index contributed by atoms with van der Waals surface area (Å²) in [7, 11) is 0. The molecule has 0 aromatic carbocycles. The van der Waals surface area contributed by atoms with Crippen LogP contribution in [0.25, 0.3) is 10.6 Å². The number of thiophene rings is 1. The van der Waals surface area contributed by atoms with Crippen LogP contribution in [0.3, 0.4) is 0 Å². The van der Waals surface area contributed by atoms with E-state index < -0.39 is 24.5 Å². The minimum Gasteiger partial charge on any atom is -0.351 e. The van der Waals surface area contributed by atoms with Gasteiger partial charge in [0.25, 0.3) is 12.3 Å². The van der Waals surface area contributed by atoms with Crippen LogP contribution in [0.15, 0.2) is 16.7 Å². The first-order valence-corrected chi connectivity index (χ1v) is 11.2. The van der Waals surface area contributed by atoms with Crippen molar-refractivity contribution >= 4 is 17.2 Å². The predicted octanol–water partition coefficient (Wildman–Crippen LogP) is 6.75. The van der Waals surface area contributed by atoms with Crippen LogP contribution in [-0.4, -0.2) is 41.7 Å². The lowest BCUT2D eigenvalue weighted by atomic mass is 9.92. The number of amides is 1. The molecule has 3 rings (SSSR count). The Morgan fingerprint density at radius 1 is 1.28 bits per heavy atom. The highest BCUT2D eigenvalue weighted by atomic mass is 32.1. The van der Waals surface area contributed by atoms with Crippen LogP contribution in [0, 0.1) is 12.8 Å². The number of nitrogens with zero attached hydrogens (tertiary/aromatic N) is 2. The second-order valence-electron chi connectivity index (χ2n) is 8.04. The highest BCUT2D eigenvalue weighted by molar-refractivity contribution is 7.17. The average molecular weight is 482 g/mol. The number of piperidine rings is 1. The normalized spacial score (nSPS) is 18.4. The molecule has 3 heterocycles. The summed E-state index contributed by atoms with van der Waals surface area (Å²) in [6, 6.07) is 3.12. The summed E-state index contributed by atoms with van der Waals surface area (Å²) < 4.78 is 80.7. The summed E-state index contributed by atoms with van der Waals surface area (Å²) in [6.07, 6.45) is -6.41. The van der Waals surface area contributed by atoms with Gasteiger partial charge in [0.05, 0.1) is 9.75 Å². The summed E-state index contributed by atoms with van der Waals surface area (Å²) in [6.45, 7) is 2.36. The van der Waals surface area contributed by atoms with Gasteiger partial charge in [0, 0.05) is 18.7 Å². The number of rotatable bonds is 8. The zero-order valence-corrected chi connectivity index (χ0v) is 18.2. The number of carbonyl (C=O) groups excluding carboxylic acids is 1. The van der Waals surface area contributed by atoms with Crippen LogP contribution >= 0.6 is 11.3 Å². The SMILES string of the molecule is Cc1c(-c2ccc(C(=O)N3CCCC(CCCCC(F)C(F)F)C3)s2)noc1C(F)(F)F. The topological polar surface area (TPSA) is 46.3 Å². The molecule has 0 radical (unpaired) electrons. The monoisotopic (exact) mass is 482 g/mol. The third-order valence-corrected chi connectivity index (χ3v) is 6.73. The minimum absolute atomic E-state index is 0.0628. The maximum Gasteiger partial charge on any atom is 0.452 e. The number of carbonyl (C=O) groups is 1. The van der Waals surface area contributed by atoms with Gasteiger partial charge in [-0.1, -0.05) is 18.0 Å². The molecule has 0 saturated carbocycles. The van der Waals surface area contributed by atoms with Gasteiger partial charge < -0.3 is 9.42 Å². The number of likely N-dealkylation sites (tertiary alicyclic amines) is 1. The van der Waals surface area contributed by atoms with E-state index in [-0.39, 0.29) is 29.5 Å². The van der Waals surface area contributed by atoms with Crippen LogP contribution in [-0.2, 0) is 6.18 Å². The maximum absolute atomic E-state index is 13.0.